The van der Waals surface area contributed by atoms with Crippen molar-refractivity contribution in [1.82, 2.24) is 25.5 Å². The van der Waals surface area contributed by atoms with Gasteiger partial charge >= 0.3 is 0 Å². The average molecular weight is 420 g/mol. The minimum absolute atomic E-state index is 0.198. The molecule has 0 spiro atoms. The van der Waals surface area contributed by atoms with Crippen LogP contribution in [0.25, 0.3) is 5.69 Å². The van der Waals surface area contributed by atoms with Gasteiger partial charge in [0.1, 0.15) is 17.6 Å². The standard InChI is InChI=1S/C22H24N6O3/c1-31-19-11-7-17(8-12-19)24-21(30)22(13-3-2-4-14-22)25-20(29)16-5-9-18(10-6-16)28-15-23-26-27-28/h5-12,15H,2-4,13-14H2,1H3,(H,24,30)(H,25,29). The van der Waals surface area contributed by atoms with Crippen LogP contribution in [0.3, 0.4) is 0 Å². The van der Waals surface area contributed by atoms with Gasteiger partial charge in [-0.1, -0.05) is 19.3 Å². The first kappa shape index (κ1) is 20.5. The quantitative estimate of drug-likeness (QED) is 0.634. The fourth-order valence-electron chi connectivity index (χ4n) is 3.82. The Hall–Kier alpha value is -3.75. The number of carbonyl (C=O) groups excluding carboxylic acids is 2. The molecular formula is C22H24N6O3. The predicted octanol–water partition coefficient (Wildman–Crippen LogP) is 2.74. The van der Waals surface area contributed by atoms with E-state index in [1.54, 1.807) is 55.6 Å². The fraction of sp³-hybridized carbons (Fsp3) is 0.318. The number of rotatable bonds is 6. The summed E-state index contributed by atoms with van der Waals surface area (Å²) >= 11 is 0. The van der Waals surface area contributed by atoms with E-state index in [1.165, 1.54) is 11.0 Å². The summed E-state index contributed by atoms with van der Waals surface area (Å²) in [6, 6.07) is 14.1. The van der Waals surface area contributed by atoms with E-state index in [2.05, 4.69) is 26.2 Å². The largest absolute Gasteiger partial charge is 0.497 e. The summed E-state index contributed by atoms with van der Waals surface area (Å²) in [7, 11) is 1.59. The lowest BCUT2D eigenvalue weighted by atomic mass is 9.80. The molecule has 0 radical (unpaired) electrons. The maximum Gasteiger partial charge on any atom is 0.252 e. The minimum Gasteiger partial charge on any atom is -0.497 e. The third-order valence-corrected chi connectivity index (χ3v) is 5.59. The van der Waals surface area contributed by atoms with E-state index in [0.29, 0.717) is 29.8 Å². The van der Waals surface area contributed by atoms with Crippen molar-refractivity contribution in [2.24, 2.45) is 0 Å². The Kier molecular flexibility index (Phi) is 5.92. The molecule has 0 unspecified atom stereocenters. The Balaban J connectivity index is 1.50. The van der Waals surface area contributed by atoms with Gasteiger partial charge in [0.05, 0.1) is 12.8 Å². The second-order valence-electron chi connectivity index (χ2n) is 7.58. The molecule has 0 bridgehead atoms. The Morgan fingerprint density at radius 2 is 1.71 bits per heavy atom. The van der Waals surface area contributed by atoms with E-state index in [4.69, 9.17) is 4.74 Å². The lowest BCUT2D eigenvalue weighted by Crippen LogP contribution is -2.57. The summed E-state index contributed by atoms with van der Waals surface area (Å²) < 4.78 is 6.67. The van der Waals surface area contributed by atoms with Crippen molar-refractivity contribution < 1.29 is 14.3 Å². The molecule has 3 aromatic rings. The number of benzene rings is 2. The van der Waals surface area contributed by atoms with Crippen LogP contribution in [-0.4, -0.2) is 44.7 Å². The summed E-state index contributed by atoms with van der Waals surface area (Å²) in [6.45, 7) is 0. The molecule has 0 saturated heterocycles. The molecule has 2 aromatic carbocycles. The van der Waals surface area contributed by atoms with Crippen molar-refractivity contribution in [3.8, 4) is 11.4 Å². The van der Waals surface area contributed by atoms with E-state index >= 15 is 0 Å². The molecule has 1 aromatic heterocycles. The van der Waals surface area contributed by atoms with Crippen molar-refractivity contribution in [2.45, 2.75) is 37.6 Å². The zero-order valence-corrected chi connectivity index (χ0v) is 17.2. The van der Waals surface area contributed by atoms with Crippen LogP contribution < -0.4 is 15.4 Å². The number of nitrogens with zero attached hydrogens (tertiary/aromatic N) is 4. The van der Waals surface area contributed by atoms with Gasteiger partial charge in [0.2, 0.25) is 5.91 Å². The number of carbonyl (C=O) groups is 2. The lowest BCUT2D eigenvalue weighted by molar-refractivity contribution is -0.123. The number of hydrogen-bond donors (Lipinski definition) is 2. The van der Waals surface area contributed by atoms with E-state index in [0.717, 1.165) is 24.9 Å². The molecule has 4 rings (SSSR count). The minimum atomic E-state index is -0.941. The van der Waals surface area contributed by atoms with Gasteiger partial charge in [0, 0.05) is 11.3 Å². The van der Waals surface area contributed by atoms with Crippen LogP contribution in [0.5, 0.6) is 5.75 Å². The Labute approximate surface area is 179 Å². The number of hydrogen-bond acceptors (Lipinski definition) is 6. The van der Waals surface area contributed by atoms with Crippen molar-refractivity contribution >= 4 is 17.5 Å². The van der Waals surface area contributed by atoms with Crippen molar-refractivity contribution in [1.29, 1.82) is 0 Å². The van der Waals surface area contributed by atoms with Crippen LogP contribution in [0.4, 0.5) is 5.69 Å². The molecule has 1 aliphatic carbocycles. The summed E-state index contributed by atoms with van der Waals surface area (Å²) in [4.78, 5) is 26.2. The first-order valence-corrected chi connectivity index (χ1v) is 10.2. The van der Waals surface area contributed by atoms with Crippen LogP contribution in [0.2, 0.25) is 0 Å². The topological polar surface area (TPSA) is 111 Å². The van der Waals surface area contributed by atoms with Gasteiger partial charge in [0.25, 0.3) is 5.91 Å². The average Bonchev–Trinajstić information content (AvgIpc) is 3.35. The zero-order valence-electron chi connectivity index (χ0n) is 17.2. The van der Waals surface area contributed by atoms with Crippen LogP contribution >= 0.6 is 0 Å². The van der Waals surface area contributed by atoms with Crippen molar-refractivity contribution in [2.75, 3.05) is 12.4 Å². The van der Waals surface area contributed by atoms with Crippen molar-refractivity contribution in [3.05, 3.63) is 60.4 Å². The Morgan fingerprint density at radius 3 is 2.32 bits per heavy atom. The highest BCUT2D eigenvalue weighted by atomic mass is 16.5. The fourth-order valence-corrected chi connectivity index (χ4v) is 3.82. The highest BCUT2D eigenvalue weighted by Gasteiger charge is 2.41. The molecule has 1 saturated carbocycles. The van der Waals surface area contributed by atoms with E-state index < -0.39 is 5.54 Å². The van der Waals surface area contributed by atoms with E-state index in [9.17, 15) is 9.59 Å². The van der Waals surface area contributed by atoms with Gasteiger partial charge in [0.15, 0.2) is 0 Å². The maximum absolute atomic E-state index is 13.2. The molecule has 9 nitrogen and oxygen atoms in total. The van der Waals surface area contributed by atoms with E-state index in [-0.39, 0.29) is 11.8 Å². The molecule has 31 heavy (non-hydrogen) atoms. The number of nitrogens with one attached hydrogen (secondary N) is 2. The molecule has 9 heteroatoms. The van der Waals surface area contributed by atoms with Crippen LogP contribution in [0.1, 0.15) is 42.5 Å². The molecule has 160 valence electrons. The monoisotopic (exact) mass is 420 g/mol. The molecule has 1 aliphatic rings. The number of tetrazole rings is 1. The third kappa shape index (κ3) is 4.55. The first-order valence-electron chi connectivity index (χ1n) is 10.2. The smallest absolute Gasteiger partial charge is 0.252 e. The highest BCUT2D eigenvalue weighted by molar-refractivity contribution is 6.03. The molecule has 1 heterocycles. The van der Waals surface area contributed by atoms with Gasteiger partial charge < -0.3 is 15.4 Å². The van der Waals surface area contributed by atoms with Crippen LogP contribution in [-0.2, 0) is 4.79 Å². The second-order valence-corrected chi connectivity index (χ2v) is 7.58. The maximum atomic E-state index is 13.2. The normalized spacial score (nSPS) is 15.1. The Morgan fingerprint density at radius 1 is 1.00 bits per heavy atom. The number of anilines is 1. The highest BCUT2D eigenvalue weighted by Crippen LogP contribution is 2.30. The van der Waals surface area contributed by atoms with Gasteiger partial charge in [-0.15, -0.1) is 5.10 Å². The van der Waals surface area contributed by atoms with Gasteiger partial charge in [-0.2, -0.15) is 0 Å². The number of aromatic nitrogens is 4. The van der Waals surface area contributed by atoms with Gasteiger partial charge in [-0.25, -0.2) is 4.68 Å². The summed E-state index contributed by atoms with van der Waals surface area (Å²) in [5, 5.41) is 17.0. The first-order chi connectivity index (χ1) is 15.1. The molecule has 2 amide bonds. The zero-order chi connectivity index (χ0) is 21.7. The van der Waals surface area contributed by atoms with Gasteiger partial charge in [-0.05, 0) is 71.8 Å². The number of ether oxygens (including phenoxy) is 1. The van der Waals surface area contributed by atoms with Crippen LogP contribution in [0, 0.1) is 0 Å². The van der Waals surface area contributed by atoms with Gasteiger partial charge in [-0.3, -0.25) is 9.59 Å². The van der Waals surface area contributed by atoms with Crippen LogP contribution in [0.15, 0.2) is 54.9 Å². The van der Waals surface area contributed by atoms with E-state index in [1.807, 2.05) is 0 Å². The molecule has 2 N–H and O–H groups in total. The molecular weight excluding hydrogens is 396 g/mol. The second kappa shape index (κ2) is 8.95. The van der Waals surface area contributed by atoms with Crippen molar-refractivity contribution in [3.63, 3.8) is 0 Å². The molecule has 0 aliphatic heterocycles. The molecule has 0 atom stereocenters. The Bertz CT molecular complexity index is 1030. The lowest BCUT2D eigenvalue weighted by Gasteiger charge is -2.36. The third-order valence-electron chi connectivity index (χ3n) is 5.59. The summed E-state index contributed by atoms with van der Waals surface area (Å²) in [6.07, 6.45) is 5.50. The summed E-state index contributed by atoms with van der Waals surface area (Å²) in [5.41, 5.74) is 0.935. The SMILES string of the molecule is COc1ccc(NC(=O)C2(NC(=O)c3ccc(-n4cnnn4)cc3)CCCCC2)cc1. The number of amides is 2. The predicted molar refractivity (Wildman–Crippen MR) is 114 cm³/mol. The number of methoxy groups -OCH3 is 1. The summed E-state index contributed by atoms with van der Waals surface area (Å²) in [5.74, 6) is 0.231. The molecule has 1 fully saturated rings.